The highest BCUT2D eigenvalue weighted by Gasteiger charge is 2.31. The number of imide groups is 1. The highest BCUT2D eigenvalue weighted by Crippen LogP contribution is 2.29. The van der Waals surface area contributed by atoms with Crippen molar-refractivity contribution in [2.45, 2.75) is 44.6 Å². The quantitative estimate of drug-likeness (QED) is 0.259. The van der Waals surface area contributed by atoms with E-state index < -0.39 is 0 Å². The molecule has 0 saturated carbocycles. The highest BCUT2D eigenvalue weighted by molar-refractivity contribution is 8.15. The van der Waals surface area contributed by atoms with E-state index in [-0.39, 0.29) is 16.4 Å². The lowest BCUT2D eigenvalue weighted by atomic mass is 10.1. The monoisotopic (exact) mass is 544 g/mol. The molecule has 0 spiro atoms. The highest BCUT2D eigenvalue weighted by atomic mass is 32.2. The summed E-state index contributed by atoms with van der Waals surface area (Å²) in [5, 5.41) is 1.65. The fourth-order valence-corrected chi connectivity index (χ4v) is 5.30. The molecule has 1 N–H and O–H groups in total. The van der Waals surface area contributed by atoms with E-state index in [4.69, 9.17) is 14.5 Å². The van der Waals surface area contributed by atoms with Gasteiger partial charge in [-0.3, -0.25) is 14.9 Å². The lowest BCUT2D eigenvalue weighted by Gasteiger charge is -2.26. The number of nitrogens with one attached hydrogen (secondary N) is 1. The first-order valence-electron chi connectivity index (χ1n) is 13.0. The van der Waals surface area contributed by atoms with Gasteiger partial charge in [-0.15, -0.1) is 0 Å². The van der Waals surface area contributed by atoms with E-state index in [2.05, 4.69) is 43.2 Å². The number of hydrogen-bond acceptors (Lipinski definition) is 7. The smallest absolute Gasteiger partial charge is 0.286 e. The summed E-state index contributed by atoms with van der Waals surface area (Å²) in [6.45, 7) is 4.71. The minimum atomic E-state index is -0.381. The van der Waals surface area contributed by atoms with Gasteiger partial charge in [-0.1, -0.05) is 30.8 Å². The SMILES string of the molecule is CCC(C)N(C)c1ccc(Oc2ccc3nc(COc4ccc(CC5SC(=O)NC5=O)cc4)n(C)c3c2)cc1. The van der Waals surface area contributed by atoms with Crippen LogP contribution in [0.4, 0.5) is 10.5 Å². The van der Waals surface area contributed by atoms with E-state index in [1.54, 1.807) is 0 Å². The number of nitrogens with zero attached hydrogens (tertiary/aromatic N) is 3. The lowest BCUT2D eigenvalue weighted by molar-refractivity contribution is -0.118. The Morgan fingerprint density at radius 1 is 1.03 bits per heavy atom. The Bertz CT molecular complexity index is 1480. The molecule has 1 fully saturated rings. The van der Waals surface area contributed by atoms with E-state index in [1.165, 1.54) is 0 Å². The first kappa shape index (κ1) is 26.6. The van der Waals surface area contributed by atoms with Gasteiger partial charge >= 0.3 is 0 Å². The van der Waals surface area contributed by atoms with Crippen LogP contribution in [0.3, 0.4) is 0 Å². The first-order chi connectivity index (χ1) is 18.8. The van der Waals surface area contributed by atoms with Crippen molar-refractivity contribution in [1.29, 1.82) is 0 Å². The van der Waals surface area contributed by atoms with Crippen molar-refractivity contribution in [1.82, 2.24) is 14.9 Å². The number of aryl methyl sites for hydroxylation is 1. The summed E-state index contributed by atoms with van der Waals surface area (Å²) in [7, 11) is 4.07. The molecule has 2 amide bonds. The minimum Gasteiger partial charge on any atom is -0.486 e. The molecular weight excluding hydrogens is 512 g/mol. The molecule has 1 saturated heterocycles. The molecule has 39 heavy (non-hydrogen) atoms. The minimum absolute atomic E-state index is 0.233. The maximum atomic E-state index is 11.8. The third-order valence-electron chi connectivity index (χ3n) is 7.16. The number of imidazole rings is 1. The maximum absolute atomic E-state index is 11.8. The van der Waals surface area contributed by atoms with Gasteiger partial charge < -0.3 is 18.9 Å². The Morgan fingerprint density at radius 3 is 2.38 bits per heavy atom. The van der Waals surface area contributed by atoms with Gasteiger partial charge in [0.1, 0.15) is 29.7 Å². The second-order valence-electron chi connectivity index (χ2n) is 9.72. The molecule has 9 heteroatoms. The number of carbonyl (C=O) groups excluding carboxylic acids is 2. The van der Waals surface area contributed by atoms with Gasteiger partial charge in [0.05, 0.1) is 16.3 Å². The van der Waals surface area contributed by atoms with Crippen LogP contribution in [-0.2, 0) is 24.9 Å². The summed E-state index contributed by atoms with van der Waals surface area (Å²) in [6, 6.07) is 22.1. The lowest BCUT2D eigenvalue weighted by Crippen LogP contribution is -2.27. The molecule has 2 heterocycles. The normalized spacial score (nSPS) is 15.8. The van der Waals surface area contributed by atoms with E-state index in [1.807, 2.05) is 66.2 Å². The van der Waals surface area contributed by atoms with Crippen LogP contribution in [0, 0.1) is 0 Å². The Kier molecular flexibility index (Phi) is 7.79. The zero-order valence-corrected chi connectivity index (χ0v) is 23.3. The predicted octanol–water partition coefficient (Wildman–Crippen LogP) is 6.07. The van der Waals surface area contributed by atoms with Gasteiger partial charge in [0, 0.05) is 31.9 Å². The molecule has 8 nitrogen and oxygen atoms in total. The Labute approximate surface area is 232 Å². The van der Waals surface area contributed by atoms with Crippen molar-refractivity contribution < 1.29 is 19.1 Å². The zero-order chi connectivity index (χ0) is 27.5. The van der Waals surface area contributed by atoms with Crippen molar-refractivity contribution in [3.05, 3.63) is 78.1 Å². The Hall–Kier alpha value is -3.98. The first-order valence-corrected chi connectivity index (χ1v) is 13.9. The zero-order valence-electron chi connectivity index (χ0n) is 22.5. The van der Waals surface area contributed by atoms with Crippen LogP contribution in [0.1, 0.15) is 31.7 Å². The average molecular weight is 545 g/mol. The van der Waals surface area contributed by atoms with E-state index >= 15 is 0 Å². The number of carbonyl (C=O) groups is 2. The second-order valence-corrected chi connectivity index (χ2v) is 10.9. The van der Waals surface area contributed by atoms with Crippen LogP contribution in [0.2, 0.25) is 0 Å². The fourth-order valence-electron chi connectivity index (χ4n) is 4.44. The molecule has 5 rings (SSSR count). The Morgan fingerprint density at radius 2 is 1.72 bits per heavy atom. The number of aromatic nitrogens is 2. The largest absolute Gasteiger partial charge is 0.486 e. The summed E-state index contributed by atoms with van der Waals surface area (Å²) in [5.74, 6) is 2.79. The molecule has 1 aromatic heterocycles. The fraction of sp³-hybridized carbons (Fsp3) is 0.300. The number of thioether (sulfide) groups is 1. The van der Waals surface area contributed by atoms with Crippen molar-refractivity contribution >= 4 is 39.6 Å². The number of amides is 2. The van der Waals surface area contributed by atoms with Gasteiger partial charge in [-0.2, -0.15) is 0 Å². The number of rotatable bonds is 10. The number of ether oxygens (including phenoxy) is 2. The van der Waals surface area contributed by atoms with Crippen LogP contribution < -0.4 is 19.7 Å². The Balaban J connectivity index is 1.21. The van der Waals surface area contributed by atoms with Crippen molar-refractivity contribution in [3.8, 4) is 17.2 Å². The number of benzene rings is 3. The molecule has 2 unspecified atom stereocenters. The van der Waals surface area contributed by atoms with Crippen molar-refractivity contribution in [2.24, 2.45) is 7.05 Å². The average Bonchev–Trinajstić information content (AvgIpc) is 3.44. The summed E-state index contributed by atoms with van der Waals surface area (Å²) in [6.07, 6.45) is 1.58. The molecule has 0 aliphatic carbocycles. The van der Waals surface area contributed by atoms with Crippen molar-refractivity contribution in [3.63, 3.8) is 0 Å². The molecule has 0 bridgehead atoms. The molecule has 1 aliphatic heterocycles. The molecule has 2 atom stereocenters. The second kappa shape index (κ2) is 11.4. The number of hydrogen-bond donors (Lipinski definition) is 1. The van der Waals surface area contributed by atoms with Crippen LogP contribution in [0.25, 0.3) is 11.0 Å². The van der Waals surface area contributed by atoms with Crippen LogP contribution in [0.5, 0.6) is 17.2 Å². The van der Waals surface area contributed by atoms with Gasteiger partial charge in [0.25, 0.3) is 5.24 Å². The van der Waals surface area contributed by atoms with Crippen LogP contribution in [0.15, 0.2) is 66.7 Å². The molecule has 1 aliphatic rings. The number of fused-ring (bicyclic) bond motifs is 1. The molecule has 4 aromatic rings. The predicted molar refractivity (Wildman–Crippen MR) is 155 cm³/mol. The molecule has 202 valence electrons. The van der Waals surface area contributed by atoms with Gasteiger partial charge in [0.2, 0.25) is 5.91 Å². The number of anilines is 1. The van der Waals surface area contributed by atoms with Crippen LogP contribution >= 0.6 is 11.8 Å². The third kappa shape index (κ3) is 6.04. The van der Waals surface area contributed by atoms with Gasteiger partial charge in [-0.25, -0.2) is 4.98 Å². The van der Waals surface area contributed by atoms with E-state index in [0.717, 1.165) is 57.8 Å². The van der Waals surface area contributed by atoms with E-state index in [9.17, 15) is 9.59 Å². The van der Waals surface area contributed by atoms with Crippen LogP contribution in [-0.4, -0.2) is 39.0 Å². The third-order valence-corrected chi connectivity index (χ3v) is 8.14. The van der Waals surface area contributed by atoms with Gasteiger partial charge in [0.15, 0.2) is 0 Å². The van der Waals surface area contributed by atoms with E-state index in [0.29, 0.717) is 24.8 Å². The summed E-state index contributed by atoms with van der Waals surface area (Å²) < 4.78 is 14.1. The van der Waals surface area contributed by atoms with Gasteiger partial charge in [-0.05, 0) is 73.9 Å². The topological polar surface area (TPSA) is 85.7 Å². The molecule has 3 aromatic carbocycles. The standard InChI is InChI=1S/C30H32N4O4S/c1-5-19(2)33(3)21-8-12-23(13-9-21)38-24-14-15-25-26(17-24)34(4)28(31-25)18-37-22-10-6-20(7-11-22)16-27-29(35)32-30(36)39-27/h6-15,17,19,27H,5,16,18H2,1-4H3,(H,32,35,36). The summed E-state index contributed by atoms with van der Waals surface area (Å²) in [4.78, 5) is 30.2. The van der Waals surface area contributed by atoms with Crippen molar-refractivity contribution in [2.75, 3.05) is 11.9 Å². The summed E-state index contributed by atoms with van der Waals surface area (Å²) in [5.41, 5.74) is 3.95. The maximum Gasteiger partial charge on any atom is 0.286 e. The molecule has 0 radical (unpaired) electrons. The summed E-state index contributed by atoms with van der Waals surface area (Å²) >= 11 is 1.04. The molecular formula is C30H32N4O4S.